The molecular weight excluding hydrogens is 366 g/mol. The Kier molecular flexibility index (Phi) is 2.88. The van der Waals surface area contributed by atoms with E-state index in [9.17, 15) is 4.79 Å². The van der Waals surface area contributed by atoms with Gasteiger partial charge in [-0.25, -0.2) is 9.97 Å². The smallest absolute Gasteiger partial charge is 0.261 e. The minimum atomic E-state index is 0.0129. The molecule has 4 aromatic rings. The van der Waals surface area contributed by atoms with Crippen molar-refractivity contribution in [2.75, 3.05) is 0 Å². The molecule has 3 heterocycles. The average Bonchev–Trinajstić information content (AvgIpc) is 2.60. The van der Waals surface area contributed by atoms with Crippen LogP contribution in [0, 0.1) is 0 Å². The molecule has 0 unspecified atom stereocenters. The zero-order valence-electron chi connectivity index (χ0n) is 12.7. The second-order valence-electron chi connectivity index (χ2n) is 5.99. The molecule has 0 fully saturated rings. The van der Waals surface area contributed by atoms with Crippen LogP contribution in [-0.2, 0) is 13.0 Å². The molecule has 1 aliphatic rings. The summed E-state index contributed by atoms with van der Waals surface area (Å²) in [6, 6.07) is 15.7. The van der Waals surface area contributed by atoms with Gasteiger partial charge < -0.3 is 0 Å². The van der Waals surface area contributed by atoms with E-state index in [1.165, 1.54) is 0 Å². The minimum Gasteiger partial charge on any atom is -0.290 e. The maximum Gasteiger partial charge on any atom is 0.261 e. The van der Waals surface area contributed by atoms with Gasteiger partial charge >= 0.3 is 0 Å². The van der Waals surface area contributed by atoms with E-state index >= 15 is 0 Å². The van der Waals surface area contributed by atoms with Gasteiger partial charge in [0.05, 0.1) is 16.4 Å². The topological polar surface area (TPSA) is 47.8 Å². The van der Waals surface area contributed by atoms with Gasteiger partial charge in [0, 0.05) is 16.4 Å². The summed E-state index contributed by atoms with van der Waals surface area (Å²) < 4.78 is 2.79. The lowest BCUT2D eigenvalue weighted by atomic mass is 10.0. The summed E-state index contributed by atoms with van der Waals surface area (Å²) in [6.07, 6.45) is 0.789. The molecule has 0 radical (unpaired) electrons. The van der Waals surface area contributed by atoms with Crippen molar-refractivity contribution in [3.8, 4) is 11.5 Å². The minimum absolute atomic E-state index is 0.0129. The van der Waals surface area contributed by atoms with Crippen LogP contribution in [0.15, 0.2) is 57.8 Å². The van der Waals surface area contributed by atoms with Crippen LogP contribution < -0.4 is 5.56 Å². The number of benzene rings is 2. The Hall–Kier alpha value is -2.53. The number of pyridine rings is 1. The van der Waals surface area contributed by atoms with Crippen LogP contribution in [0.5, 0.6) is 0 Å². The molecule has 116 valence electrons. The summed E-state index contributed by atoms with van der Waals surface area (Å²) in [7, 11) is 0. The van der Waals surface area contributed by atoms with Crippen molar-refractivity contribution in [3.63, 3.8) is 0 Å². The molecule has 24 heavy (non-hydrogen) atoms. The van der Waals surface area contributed by atoms with Crippen LogP contribution in [0.25, 0.3) is 33.3 Å². The molecule has 5 rings (SSSR count). The van der Waals surface area contributed by atoms with Crippen molar-refractivity contribution in [1.29, 1.82) is 0 Å². The second-order valence-corrected chi connectivity index (χ2v) is 6.91. The molecule has 1 aliphatic heterocycles. The predicted octanol–water partition coefficient (Wildman–Crippen LogP) is 3.93. The van der Waals surface area contributed by atoms with Crippen LogP contribution in [-0.4, -0.2) is 14.5 Å². The van der Waals surface area contributed by atoms with E-state index in [0.717, 1.165) is 38.6 Å². The normalized spacial score (nSPS) is 13.0. The Morgan fingerprint density at radius 3 is 2.79 bits per heavy atom. The first-order chi connectivity index (χ1) is 11.7. The summed E-state index contributed by atoms with van der Waals surface area (Å²) >= 11 is 3.51. The van der Waals surface area contributed by atoms with E-state index in [-0.39, 0.29) is 5.56 Å². The van der Waals surface area contributed by atoms with E-state index in [2.05, 4.69) is 28.1 Å². The standard InChI is InChI=1S/C19H12BrN3O/c20-13-5-6-15-12(10-13)9-11-7-8-23-18(17(11)21-15)22-16-4-2-1-3-14(16)19(23)24/h1-6,9-10H,7-8H2. The zero-order valence-corrected chi connectivity index (χ0v) is 14.2. The molecule has 0 aliphatic carbocycles. The number of aryl methyl sites for hydroxylation is 1. The Bertz CT molecular complexity index is 1200. The Labute approximate surface area is 145 Å². The van der Waals surface area contributed by atoms with Gasteiger partial charge in [-0.1, -0.05) is 28.1 Å². The second kappa shape index (κ2) is 4.98. The molecule has 4 nitrogen and oxygen atoms in total. The first-order valence-electron chi connectivity index (χ1n) is 7.80. The number of hydrogen-bond acceptors (Lipinski definition) is 3. The molecule has 5 heteroatoms. The molecule has 2 aromatic carbocycles. The van der Waals surface area contributed by atoms with Gasteiger partial charge in [-0.3, -0.25) is 9.36 Å². The molecule has 0 saturated heterocycles. The first kappa shape index (κ1) is 13.9. The van der Waals surface area contributed by atoms with E-state index in [4.69, 9.17) is 9.97 Å². The van der Waals surface area contributed by atoms with Crippen LogP contribution >= 0.6 is 15.9 Å². The van der Waals surface area contributed by atoms with Gasteiger partial charge in [-0.05, 0) is 48.4 Å². The summed E-state index contributed by atoms with van der Waals surface area (Å²) in [5.74, 6) is 0.671. The van der Waals surface area contributed by atoms with Gasteiger partial charge in [-0.2, -0.15) is 0 Å². The van der Waals surface area contributed by atoms with Crippen LogP contribution in [0.2, 0.25) is 0 Å². The van der Waals surface area contributed by atoms with Crippen molar-refractivity contribution in [2.24, 2.45) is 0 Å². The van der Waals surface area contributed by atoms with Crippen LogP contribution in [0.3, 0.4) is 0 Å². The Morgan fingerprint density at radius 2 is 1.88 bits per heavy atom. The van der Waals surface area contributed by atoms with Gasteiger partial charge in [0.2, 0.25) is 0 Å². The molecule has 0 atom stereocenters. The summed E-state index contributed by atoms with van der Waals surface area (Å²) in [6.45, 7) is 0.639. The largest absolute Gasteiger partial charge is 0.290 e. The lowest BCUT2D eigenvalue weighted by molar-refractivity contribution is 0.648. The van der Waals surface area contributed by atoms with Gasteiger partial charge in [0.1, 0.15) is 5.69 Å². The highest BCUT2D eigenvalue weighted by Gasteiger charge is 2.22. The molecule has 0 spiro atoms. The van der Waals surface area contributed by atoms with Crippen molar-refractivity contribution in [3.05, 3.63) is 68.9 Å². The maximum atomic E-state index is 12.8. The van der Waals surface area contributed by atoms with E-state index < -0.39 is 0 Å². The number of halogens is 1. The third-order valence-corrected chi connectivity index (χ3v) is 5.03. The third kappa shape index (κ3) is 1.94. The number of nitrogens with zero attached hydrogens (tertiary/aromatic N) is 3. The Morgan fingerprint density at radius 1 is 1.00 bits per heavy atom. The summed E-state index contributed by atoms with van der Waals surface area (Å²) in [5.41, 5.74) is 3.60. The fourth-order valence-electron chi connectivity index (χ4n) is 3.36. The predicted molar refractivity (Wildman–Crippen MR) is 98.1 cm³/mol. The number of fused-ring (bicyclic) bond motifs is 5. The SMILES string of the molecule is O=c1c2ccccc2nc2n1CCc1cc3cc(Br)ccc3nc1-2. The lowest BCUT2D eigenvalue weighted by Crippen LogP contribution is -2.28. The first-order valence-corrected chi connectivity index (χ1v) is 8.59. The van der Waals surface area contributed by atoms with E-state index in [1.807, 2.05) is 36.4 Å². The monoisotopic (exact) mass is 377 g/mol. The Balaban J connectivity index is 1.87. The zero-order chi connectivity index (χ0) is 16.3. The van der Waals surface area contributed by atoms with E-state index in [1.54, 1.807) is 4.57 Å². The molecule has 0 amide bonds. The van der Waals surface area contributed by atoms with Crippen LogP contribution in [0.1, 0.15) is 5.56 Å². The molecule has 0 bridgehead atoms. The number of para-hydroxylation sites is 1. The van der Waals surface area contributed by atoms with Crippen LogP contribution in [0.4, 0.5) is 0 Å². The average molecular weight is 378 g/mol. The molecule has 0 saturated carbocycles. The molecule has 0 N–H and O–H groups in total. The number of hydrogen-bond donors (Lipinski definition) is 0. The summed E-state index contributed by atoms with van der Waals surface area (Å²) in [4.78, 5) is 22.3. The molecular formula is C19H12BrN3O. The third-order valence-electron chi connectivity index (χ3n) is 4.53. The quantitative estimate of drug-likeness (QED) is 0.466. The van der Waals surface area contributed by atoms with Crippen molar-refractivity contribution in [1.82, 2.24) is 14.5 Å². The lowest BCUT2D eigenvalue weighted by Gasteiger charge is -2.21. The van der Waals surface area contributed by atoms with Gasteiger partial charge in [-0.15, -0.1) is 0 Å². The summed E-state index contributed by atoms with van der Waals surface area (Å²) in [5, 5.41) is 1.76. The highest BCUT2D eigenvalue weighted by molar-refractivity contribution is 9.10. The fraction of sp³-hybridized carbons (Fsp3) is 0.105. The van der Waals surface area contributed by atoms with Gasteiger partial charge in [0.25, 0.3) is 5.56 Å². The number of rotatable bonds is 0. The number of aromatic nitrogens is 3. The van der Waals surface area contributed by atoms with Crippen molar-refractivity contribution < 1.29 is 0 Å². The van der Waals surface area contributed by atoms with Crippen molar-refractivity contribution in [2.45, 2.75) is 13.0 Å². The van der Waals surface area contributed by atoms with E-state index in [0.29, 0.717) is 17.8 Å². The molecule has 2 aromatic heterocycles. The van der Waals surface area contributed by atoms with Gasteiger partial charge in [0.15, 0.2) is 5.82 Å². The van der Waals surface area contributed by atoms with Crippen molar-refractivity contribution >= 4 is 37.7 Å². The maximum absolute atomic E-state index is 12.8. The highest BCUT2D eigenvalue weighted by atomic mass is 79.9. The fourth-order valence-corrected chi connectivity index (χ4v) is 3.74. The highest BCUT2D eigenvalue weighted by Crippen LogP contribution is 2.30.